The Bertz CT molecular complexity index is 1170. The molecule has 0 saturated heterocycles. The maximum absolute atomic E-state index is 14.3. The predicted molar refractivity (Wildman–Crippen MR) is 112 cm³/mol. The van der Waals surface area contributed by atoms with Gasteiger partial charge in [0.2, 0.25) is 0 Å². The van der Waals surface area contributed by atoms with Crippen molar-refractivity contribution in [2.45, 2.75) is 31.6 Å². The summed E-state index contributed by atoms with van der Waals surface area (Å²) >= 11 is 0. The van der Waals surface area contributed by atoms with E-state index in [0.717, 1.165) is 17.0 Å². The predicted octanol–water partition coefficient (Wildman–Crippen LogP) is 6.63. The first kappa shape index (κ1) is 27.2. The molecule has 0 saturated carbocycles. The van der Waals surface area contributed by atoms with Crippen molar-refractivity contribution in [2.75, 3.05) is 11.4 Å². The van der Waals surface area contributed by atoms with Gasteiger partial charge in [-0.3, -0.25) is 0 Å². The summed E-state index contributed by atoms with van der Waals surface area (Å²) in [5.41, 5.74) is -1.68. The summed E-state index contributed by atoms with van der Waals surface area (Å²) in [5.74, 6) is -2.75. The normalized spacial score (nSPS) is 12.9. The van der Waals surface area contributed by atoms with Gasteiger partial charge in [0, 0.05) is 29.9 Å². The molecule has 0 bridgehead atoms. The minimum atomic E-state index is -5.06. The van der Waals surface area contributed by atoms with Gasteiger partial charge in [-0.05, 0) is 48.0 Å². The topological polar surface area (TPSA) is 32.7 Å². The SMILES string of the molecule is O[C@H](CN(Cc1cc(C(F)(F)F)ccc1F)c1cccc(OCc2cc(F)cc(F)c2)c1)C(F)(F)F. The molecule has 3 aromatic carbocycles. The second-order valence-electron chi connectivity index (χ2n) is 7.81. The number of nitrogens with zero attached hydrogens (tertiary/aromatic N) is 1. The average molecular weight is 523 g/mol. The van der Waals surface area contributed by atoms with Gasteiger partial charge in [0.15, 0.2) is 6.10 Å². The van der Waals surface area contributed by atoms with Gasteiger partial charge >= 0.3 is 12.4 Å². The Hall–Kier alpha value is -3.41. The van der Waals surface area contributed by atoms with Crippen LogP contribution in [0.15, 0.2) is 60.7 Å². The molecular weight excluding hydrogens is 505 g/mol. The number of aliphatic hydroxyl groups is 1. The van der Waals surface area contributed by atoms with Crippen LogP contribution in [-0.2, 0) is 19.3 Å². The van der Waals surface area contributed by atoms with E-state index in [-0.39, 0.29) is 23.6 Å². The molecular formula is C24H18F9NO2. The minimum absolute atomic E-state index is 0.0354. The first-order chi connectivity index (χ1) is 16.7. The number of hydrogen-bond donors (Lipinski definition) is 1. The summed E-state index contributed by atoms with van der Waals surface area (Å²) in [5, 5.41) is 9.58. The lowest BCUT2D eigenvalue weighted by molar-refractivity contribution is -0.200. The van der Waals surface area contributed by atoms with E-state index in [1.807, 2.05) is 0 Å². The summed E-state index contributed by atoms with van der Waals surface area (Å²) in [6.07, 6.45) is -12.8. The third-order valence-electron chi connectivity index (χ3n) is 5.02. The maximum atomic E-state index is 14.3. The smallest absolute Gasteiger partial charge is 0.416 e. The number of alkyl halides is 6. The molecule has 0 fully saturated rings. The third kappa shape index (κ3) is 7.30. The van der Waals surface area contributed by atoms with E-state index < -0.39 is 60.1 Å². The molecule has 12 heteroatoms. The van der Waals surface area contributed by atoms with Gasteiger partial charge in [0.25, 0.3) is 0 Å². The van der Waals surface area contributed by atoms with Crippen molar-refractivity contribution in [3.05, 3.63) is 94.8 Å². The molecule has 194 valence electrons. The molecule has 0 amide bonds. The molecule has 0 aliphatic carbocycles. The number of halogens is 9. The molecule has 1 N–H and O–H groups in total. The highest BCUT2D eigenvalue weighted by Crippen LogP contribution is 2.32. The Kier molecular flexibility index (Phi) is 8.07. The van der Waals surface area contributed by atoms with Crippen molar-refractivity contribution in [3.63, 3.8) is 0 Å². The van der Waals surface area contributed by atoms with Gasteiger partial charge in [-0.2, -0.15) is 26.3 Å². The molecule has 0 spiro atoms. The molecule has 1 atom stereocenters. The van der Waals surface area contributed by atoms with E-state index in [1.165, 1.54) is 24.3 Å². The molecule has 36 heavy (non-hydrogen) atoms. The second kappa shape index (κ2) is 10.7. The molecule has 0 aliphatic heterocycles. The van der Waals surface area contributed by atoms with Crippen molar-refractivity contribution in [1.82, 2.24) is 0 Å². The first-order valence-corrected chi connectivity index (χ1v) is 10.3. The van der Waals surface area contributed by atoms with Gasteiger partial charge in [-0.1, -0.05) is 6.07 Å². The highest BCUT2D eigenvalue weighted by Gasteiger charge is 2.39. The average Bonchev–Trinajstić information content (AvgIpc) is 2.76. The Morgan fingerprint density at radius 3 is 2.11 bits per heavy atom. The van der Waals surface area contributed by atoms with E-state index >= 15 is 0 Å². The highest BCUT2D eigenvalue weighted by atomic mass is 19.4. The molecule has 0 aromatic heterocycles. The first-order valence-electron chi connectivity index (χ1n) is 10.3. The molecule has 0 aliphatic rings. The Morgan fingerprint density at radius 2 is 1.50 bits per heavy atom. The molecule has 3 rings (SSSR count). The molecule has 0 radical (unpaired) electrons. The van der Waals surface area contributed by atoms with Crippen molar-refractivity contribution in [2.24, 2.45) is 0 Å². The monoisotopic (exact) mass is 523 g/mol. The van der Waals surface area contributed by atoms with Gasteiger partial charge < -0.3 is 14.7 Å². The zero-order valence-electron chi connectivity index (χ0n) is 18.2. The largest absolute Gasteiger partial charge is 0.489 e. The molecule has 0 heterocycles. The summed E-state index contributed by atoms with van der Waals surface area (Å²) in [7, 11) is 0. The van der Waals surface area contributed by atoms with E-state index in [4.69, 9.17) is 4.74 Å². The van der Waals surface area contributed by atoms with Crippen LogP contribution in [0.5, 0.6) is 5.75 Å². The Labute approximate surface area is 199 Å². The summed E-state index contributed by atoms with van der Waals surface area (Å²) in [6, 6.07) is 9.39. The van der Waals surface area contributed by atoms with Crippen LogP contribution in [0.4, 0.5) is 45.2 Å². The zero-order chi connectivity index (χ0) is 26.7. The van der Waals surface area contributed by atoms with Crippen LogP contribution in [0.25, 0.3) is 0 Å². The van der Waals surface area contributed by atoms with E-state index in [2.05, 4.69) is 0 Å². The summed E-state index contributed by atoms with van der Waals surface area (Å²) in [4.78, 5) is 0.839. The number of aliphatic hydroxyl groups excluding tert-OH is 1. The lowest BCUT2D eigenvalue weighted by Gasteiger charge is -2.29. The lowest BCUT2D eigenvalue weighted by atomic mass is 10.1. The summed E-state index contributed by atoms with van der Waals surface area (Å²) in [6.45, 7) is -2.19. The van der Waals surface area contributed by atoms with Gasteiger partial charge in [-0.25, -0.2) is 13.2 Å². The van der Waals surface area contributed by atoms with Crippen LogP contribution in [0.3, 0.4) is 0 Å². The standard InChI is InChI=1S/C24H18F9NO2/c25-17-6-14(7-18(26)9-17)13-36-20-3-1-2-19(10-20)34(12-22(35)24(31,32)33)11-15-8-16(23(28,29)30)4-5-21(15)27/h1-10,22,35H,11-13H2/t22-/m1/s1. The fraction of sp³-hybridized carbons (Fsp3) is 0.250. The lowest BCUT2D eigenvalue weighted by Crippen LogP contribution is -2.41. The van der Waals surface area contributed by atoms with Crippen LogP contribution in [-0.4, -0.2) is 23.9 Å². The van der Waals surface area contributed by atoms with E-state index in [9.17, 15) is 44.6 Å². The number of hydrogen-bond acceptors (Lipinski definition) is 3. The van der Waals surface area contributed by atoms with Crippen molar-refractivity contribution in [3.8, 4) is 5.75 Å². The van der Waals surface area contributed by atoms with Gasteiger partial charge in [0.1, 0.15) is 29.8 Å². The van der Waals surface area contributed by atoms with Crippen molar-refractivity contribution < 1.29 is 49.4 Å². The number of benzene rings is 3. The molecule has 3 nitrogen and oxygen atoms in total. The van der Waals surface area contributed by atoms with Crippen molar-refractivity contribution in [1.29, 1.82) is 0 Å². The summed E-state index contributed by atoms with van der Waals surface area (Å²) < 4.78 is 125. The molecule has 3 aromatic rings. The second-order valence-corrected chi connectivity index (χ2v) is 7.81. The fourth-order valence-corrected chi connectivity index (χ4v) is 3.28. The van der Waals surface area contributed by atoms with E-state index in [0.29, 0.717) is 24.3 Å². The van der Waals surface area contributed by atoms with Crippen LogP contribution in [0.1, 0.15) is 16.7 Å². The highest BCUT2D eigenvalue weighted by molar-refractivity contribution is 5.51. The van der Waals surface area contributed by atoms with Crippen LogP contribution < -0.4 is 9.64 Å². The quantitative estimate of drug-likeness (QED) is 0.337. The number of anilines is 1. The van der Waals surface area contributed by atoms with Crippen LogP contribution in [0, 0.1) is 17.5 Å². The van der Waals surface area contributed by atoms with Crippen LogP contribution >= 0.6 is 0 Å². The third-order valence-corrected chi connectivity index (χ3v) is 5.02. The zero-order valence-corrected chi connectivity index (χ0v) is 18.2. The minimum Gasteiger partial charge on any atom is -0.489 e. The fourth-order valence-electron chi connectivity index (χ4n) is 3.28. The molecule has 0 unspecified atom stereocenters. The Morgan fingerprint density at radius 1 is 0.833 bits per heavy atom. The number of rotatable bonds is 8. The van der Waals surface area contributed by atoms with Crippen molar-refractivity contribution >= 4 is 5.69 Å². The van der Waals surface area contributed by atoms with Gasteiger partial charge in [-0.15, -0.1) is 0 Å². The van der Waals surface area contributed by atoms with E-state index in [1.54, 1.807) is 0 Å². The Balaban J connectivity index is 1.90. The van der Waals surface area contributed by atoms with Gasteiger partial charge in [0.05, 0.1) is 12.1 Å². The number of ether oxygens (including phenoxy) is 1. The maximum Gasteiger partial charge on any atom is 0.416 e. The van der Waals surface area contributed by atoms with Crippen LogP contribution in [0.2, 0.25) is 0 Å².